The summed E-state index contributed by atoms with van der Waals surface area (Å²) in [5.74, 6) is 0.808. The minimum absolute atomic E-state index is 0.131. The van der Waals surface area contributed by atoms with Gasteiger partial charge >= 0.3 is 0 Å². The second-order valence-corrected chi connectivity index (χ2v) is 9.19. The molecule has 0 saturated carbocycles. The van der Waals surface area contributed by atoms with Crippen molar-refractivity contribution in [2.24, 2.45) is 16.6 Å². The molecular formula is C29H37N5O2. The maximum absolute atomic E-state index is 12.1. The molecule has 0 radical (unpaired) electrons. The summed E-state index contributed by atoms with van der Waals surface area (Å²) >= 11 is 0. The number of nitrogens with two attached hydrogens (primary N) is 1. The number of likely N-dealkylation sites (tertiary alicyclic amines) is 1. The molecule has 3 rings (SSSR count). The number of hydrogen-bond acceptors (Lipinski definition) is 7. The van der Waals surface area contributed by atoms with E-state index >= 15 is 0 Å². The van der Waals surface area contributed by atoms with Gasteiger partial charge in [-0.15, -0.1) is 0 Å². The zero-order valence-corrected chi connectivity index (χ0v) is 21.6. The lowest BCUT2D eigenvalue weighted by atomic mass is 9.91. The van der Waals surface area contributed by atoms with E-state index in [-0.39, 0.29) is 5.92 Å². The number of aliphatic imine (C=N–C) groups is 1. The molecule has 0 bridgehead atoms. The van der Waals surface area contributed by atoms with E-state index in [1.807, 2.05) is 25.2 Å². The molecule has 190 valence electrons. The Bertz CT molecular complexity index is 1120. The monoisotopic (exact) mass is 487 g/mol. The summed E-state index contributed by atoms with van der Waals surface area (Å²) in [6.45, 7) is 5.74. The largest absolute Gasteiger partial charge is 0.491 e. The van der Waals surface area contributed by atoms with E-state index in [1.54, 1.807) is 19.5 Å². The van der Waals surface area contributed by atoms with Crippen molar-refractivity contribution in [2.75, 3.05) is 40.3 Å². The van der Waals surface area contributed by atoms with E-state index in [0.717, 1.165) is 65.6 Å². The van der Waals surface area contributed by atoms with Crippen molar-refractivity contribution in [3.05, 3.63) is 69.9 Å². The Morgan fingerprint density at radius 3 is 2.61 bits per heavy atom. The molecule has 7 heteroatoms. The molecule has 0 unspecified atom stereocenters. The number of hydrogen-bond donors (Lipinski definition) is 2. The van der Waals surface area contributed by atoms with E-state index in [1.165, 1.54) is 0 Å². The van der Waals surface area contributed by atoms with Crippen LogP contribution in [0.25, 0.3) is 5.57 Å². The molecule has 2 aromatic rings. The third-order valence-electron chi connectivity index (χ3n) is 6.81. The van der Waals surface area contributed by atoms with Crippen LogP contribution in [-0.2, 0) is 13.0 Å². The van der Waals surface area contributed by atoms with Crippen LogP contribution in [0.1, 0.15) is 51.0 Å². The molecule has 1 saturated heterocycles. The van der Waals surface area contributed by atoms with Gasteiger partial charge in [-0.25, -0.2) is 0 Å². The Morgan fingerprint density at radius 2 is 2.03 bits per heavy atom. The number of carbonyl (C=O) groups excluding carboxylic acids is 1. The highest BCUT2D eigenvalue weighted by Crippen LogP contribution is 2.33. The van der Waals surface area contributed by atoms with Gasteiger partial charge in [-0.1, -0.05) is 24.3 Å². The molecule has 0 aliphatic carbocycles. The van der Waals surface area contributed by atoms with Gasteiger partial charge in [-0.2, -0.15) is 5.26 Å². The molecule has 0 spiro atoms. The number of nitriles is 1. The normalized spacial score (nSPS) is 15.2. The van der Waals surface area contributed by atoms with Crippen LogP contribution in [0.3, 0.4) is 0 Å². The summed E-state index contributed by atoms with van der Waals surface area (Å²) in [6.07, 6.45) is 6.65. The van der Waals surface area contributed by atoms with Gasteiger partial charge in [0.1, 0.15) is 12.4 Å². The molecule has 1 aliphatic rings. The van der Waals surface area contributed by atoms with Gasteiger partial charge < -0.3 is 15.8 Å². The summed E-state index contributed by atoms with van der Waals surface area (Å²) in [5, 5.41) is 12.4. The fraction of sp³-hybridized carbons (Fsp3) is 0.414. The predicted molar refractivity (Wildman–Crippen MR) is 145 cm³/mol. The van der Waals surface area contributed by atoms with Gasteiger partial charge in [0, 0.05) is 49.6 Å². The average molecular weight is 488 g/mol. The second kappa shape index (κ2) is 13.6. The number of nitrogens with one attached hydrogen (secondary N) is 1. The van der Waals surface area contributed by atoms with E-state index in [2.05, 4.69) is 40.3 Å². The molecule has 1 fully saturated rings. The van der Waals surface area contributed by atoms with Crippen LogP contribution in [0.5, 0.6) is 5.75 Å². The standard InChI is InChI=1S/C29H37N5O2/c1-21-25(14-22-4-6-24(7-5-22)27(17-31)18-33-3)15-26(20-35)29(36-13-10-32-2)28(21)19-34-11-8-23(16-30)9-12-34/h4-7,15,17-18,20,23,32H,8-14,19,31H2,1-3H3/b27-17+,33-18?. The lowest BCUT2D eigenvalue weighted by molar-refractivity contribution is 0.111. The van der Waals surface area contributed by atoms with Crippen molar-refractivity contribution in [1.29, 1.82) is 5.26 Å². The van der Waals surface area contributed by atoms with Crippen molar-refractivity contribution in [3.8, 4) is 11.8 Å². The van der Waals surface area contributed by atoms with Crippen LogP contribution in [0.15, 0.2) is 41.5 Å². The topological polar surface area (TPSA) is 104 Å². The molecule has 2 aromatic carbocycles. The predicted octanol–water partition coefficient (Wildman–Crippen LogP) is 3.73. The summed E-state index contributed by atoms with van der Waals surface area (Å²) < 4.78 is 6.14. The van der Waals surface area contributed by atoms with Crippen molar-refractivity contribution in [1.82, 2.24) is 10.2 Å². The first-order valence-electron chi connectivity index (χ1n) is 12.5. The van der Waals surface area contributed by atoms with Crippen molar-refractivity contribution >= 4 is 18.1 Å². The zero-order valence-electron chi connectivity index (χ0n) is 21.6. The number of rotatable bonds is 11. The third kappa shape index (κ3) is 6.81. The number of allylic oxidation sites excluding steroid dienone is 1. The Kier molecular flexibility index (Phi) is 10.2. The van der Waals surface area contributed by atoms with Gasteiger partial charge in [0.05, 0.1) is 11.6 Å². The van der Waals surface area contributed by atoms with E-state index in [0.29, 0.717) is 37.4 Å². The van der Waals surface area contributed by atoms with Crippen molar-refractivity contribution < 1.29 is 9.53 Å². The van der Waals surface area contributed by atoms with Crippen LogP contribution in [0.2, 0.25) is 0 Å². The van der Waals surface area contributed by atoms with Crippen molar-refractivity contribution in [3.63, 3.8) is 0 Å². The highest BCUT2D eigenvalue weighted by Gasteiger charge is 2.23. The summed E-state index contributed by atoms with van der Waals surface area (Å²) in [6, 6.07) is 12.6. The fourth-order valence-corrected chi connectivity index (χ4v) is 4.62. The minimum atomic E-state index is 0.131. The number of nitrogens with zero attached hydrogens (tertiary/aromatic N) is 3. The molecule has 1 aliphatic heterocycles. The molecule has 0 atom stereocenters. The highest BCUT2D eigenvalue weighted by molar-refractivity contribution is 6.09. The number of benzene rings is 2. The molecule has 3 N–H and O–H groups in total. The van der Waals surface area contributed by atoms with Crippen LogP contribution in [0, 0.1) is 24.2 Å². The first-order chi connectivity index (χ1) is 17.5. The smallest absolute Gasteiger partial charge is 0.153 e. The van der Waals surface area contributed by atoms with Gasteiger partial charge in [0.2, 0.25) is 0 Å². The number of carbonyl (C=O) groups is 1. The number of aldehydes is 1. The number of ether oxygens (including phenoxy) is 1. The maximum Gasteiger partial charge on any atom is 0.153 e. The highest BCUT2D eigenvalue weighted by atomic mass is 16.5. The average Bonchev–Trinajstić information content (AvgIpc) is 2.91. The molecule has 7 nitrogen and oxygen atoms in total. The summed E-state index contributed by atoms with van der Waals surface area (Å²) in [7, 11) is 3.60. The molecule has 36 heavy (non-hydrogen) atoms. The quantitative estimate of drug-likeness (QED) is 0.284. The van der Waals surface area contributed by atoms with Gasteiger partial charge in [-0.05, 0) is 74.6 Å². The molecule has 0 amide bonds. The fourth-order valence-electron chi connectivity index (χ4n) is 4.62. The number of likely N-dealkylation sites (N-methyl/N-ethyl adjacent to an activating group) is 1. The molecule has 0 aromatic heterocycles. The Labute approximate surface area is 214 Å². The maximum atomic E-state index is 12.1. The van der Waals surface area contributed by atoms with Gasteiger partial charge in [0.25, 0.3) is 0 Å². The van der Waals surface area contributed by atoms with Gasteiger partial charge in [0.15, 0.2) is 6.29 Å². The van der Waals surface area contributed by atoms with Crippen LogP contribution >= 0.6 is 0 Å². The summed E-state index contributed by atoms with van der Waals surface area (Å²) in [4.78, 5) is 18.6. The first kappa shape index (κ1) is 27.1. The molecule has 1 heterocycles. The van der Waals surface area contributed by atoms with Gasteiger partial charge in [-0.3, -0.25) is 14.7 Å². The Hall–Kier alpha value is -3.47. The van der Waals surface area contributed by atoms with E-state index in [4.69, 9.17) is 10.5 Å². The summed E-state index contributed by atoms with van der Waals surface area (Å²) in [5.41, 5.74) is 12.7. The number of piperidine rings is 1. The van der Waals surface area contributed by atoms with Crippen LogP contribution < -0.4 is 15.8 Å². The third-order valence-corrected chi connectivity index (χ3v) is 6.81. The lowest BCUT2D eigenvalue weighted by Gasteiger charge is -2.31. The van der Waals surface area contributed by atoms with Crippen LogP contribution in [0.4, 0.5) is 0 Å². The first-order valence-corrected chi connectivity index (χ1v) is 12.5. The minimum Gasteiger partial charge on any atom is -0.491 e. The van der Waals surface area contributed by atoms with Crippen molar-refractivity contribution in [2.45, 2.75) is 32.7 Å². The second-order valence-electron chi connectivity index (χ2n) is 9.19. The van der Waals surface area contributed by atoms with Crippen LogP contribution in [-0.4, -0.2) is 57.7 Å². The Balaban J connectivity index is 1.92. The zero-order chi connectivity index (χ0) is 25.9. The Morgan fingerprint density at radius 1 is 1.31 bits per heavy atom. The lowest BCUT2D eigenvalue weighted by Crippen LogP contribution is -2.33. The van der Waals surface area contributed by atoms with E-state index in [9.17, 15) is 10.1 Å². The SMILES string of the molecule is CN=C/C(=C\N)c1ccc(Cc2cc(C=O)c(OCCNC)c(CN3CCC(C#N)CC3)c2C)cc1. The molecular weight excluding hydrogens is 450 g/mol. The van der Waals surface area contributed by atoms with E-state index < -0.39 is 0 Å².